The van der Waals surface area contributed by atoms with Gasteiger partial charge in [0.25, 0.3) is 0 Å². The standard InChI is InChI=1S/C14H14N2O2/c1-2-18-14(17)13(16-15)11-7-6-10-12-8-4-3-5-9-12/h3-11H,2H2,1H3/b10-6+,11-7+. The highest BCUT2D eigenvalue weighted by molar-refractivity contribution is 6.38. The molecule has 1 rings (SSSR count). The molecule has 4 nitrogen and oxygen atoms in total. The lowest BCUT2D eigenvalue weighted by Crippen LogP contribution is -2.16. The lowest BCUT2D eigenvalue weighted by Gasteiger charge is -1.92. The Balaban J connectivity index is 2.62. The molecule has 0 amide bonds. The van der Waals surface area contributed by atoms with Crippen molar-refractivity contribution in [1.82, 2.24) is 0 Å². The second-order valence-corrected chi connectivity index (χ2v) is 3.33. The van der Waals surface area contributed by atoms with E-state index in [0.717, 1.165) is 5.56 Å². The minimum absolute atomic E-state index is 0.130. The van der Waals surface area contributed by atoms with Crippen LogP contribution in [0.25, 0.3) is 11.6 Å². The number of hydrogen-bond donors (Lipinski definition) is 0. The molecule has 0 N–H and O–H groups in total. The molecule has 0 bridgehead atoms. The molecular weight excluding hydrogens is 228 g/mol. The van der Waals surface area contributed by atoms with Crippen LogP contribution in [-0.4, -0.2) is 23.1 Å². The zero-order valence-corrected chi connectivity index (χ0v) is 10.1. The third kappa shape index (κ3) is 4.60. The van der Waals surface area contributed by atoms with Gasteiger partial charge in [-0.3, -0.25) is 0 Å². The highest BCUT2D eigenvalue weighted by Gasteiger charge is 2.16. The van der Waals surface area contributed by atoms with E-state index in [0.29, 0.717) is 0 Å². The Labute approximate surface area is 106 Å². The fraction of sp³-hybridized carbons (Fsp3) is 0.143. The van der Waals surface area contributed by atoms with E-state index in [1.165, 1.54) is 6.08 Å². The third-order valence-corrected chi connectivity index (χ3v) is 2.05. The molecule has 18 heavy (non-hydrogen) atoms. The molecule has 0 heterocycles. The zero-order chi connectivity index (χ0) is 13.2. The van der Waals surface area contributed by atoms with Gasteiger partial charge in [0.15, 0.2) is 0 Å². The smallest absolute Gasteiger partial charge is 0.421 e. The first-order valence-corrected chi connectivity index (χ1v) is 5.57. The van der Waals surface area contributed by atoms with E-state index < -0.39 is 5.97 Å². The van der Waals surface area contributed by atoms with Crippen LogP contribution in [0.4, 0.5) is 0 Å². The van der Waals surface area contributed by atoms with Crippen molar-refractivity contribution in [2.24, 2.45) is 0 Å². The minimum Gasteiger partial charge on any atom is -0.457 e. The normalized spacial score (nSPS) is 10.5. The van der Waals surface area contributed by atoms with E-state index >= 15 is 0 Å². The van der Waals surface area contributed by atoms with Crippen molar-refractivity contribution in [3.63, 3.8) is 0 Å². The molecule has 0 unspecified atom stereocenters. The third-order valence-electron chi connectivity index (χ3n) is 2.05. The number of allylic oxidation sites excluding steroid dienone is 2. The number of carbonyl (C=O) groups is 1. The summed E-state index contributed by atoms with van der Waals surface area (Å²) in [7, 11) is 0. The predicted molar refractivity (Wildman–Crippen MR) is 69.9 cm³/mol. The molecule has 4 heteroatoms. The van der Waals surface area contributed by atoms with Crippen LogP contribution >= 0.6 is 0 Å². The molecule has 0 radical (unpaired) electrons. The molecule has 0 aliphatic rings. The maximum Gasteiger partial charge on any atom is 0.421 e. The Hall–Kier alpha value is -2.45. The van der Waals surface area contributed by atoms with Crippen LogP contribution in [0.5, 0.6) is 0 Å². The molecule has 0 spiro atoms. The monoisotopic (exact) mass is 242 g/mol. The molecule has 1 aromatic carbocycles. The van der Waals surface area contributed by atoms with Crippen molar-refractivity contribution < 1.29 is 14.3 Å². The van der Waals surface area contributed by atoms with Crippen molar-refractivity contribution in [3.05, 3.63) is 59.7 Å². The van der Waals surface area contributed by atoms with Gasteiger partial charge in [0.05, 0.1) is 6.61 Å². The van der Waals surface area contributed by atoms with Gasteiger partial charge in [0.2, 0.25) is 0 Å². The van der Waals surface area contributed by atoms with Crippen LogP contribution in [-0.2, 0) is 9.53 Å². The van der Waals surface area contributed by atoms with E-state index in [1.54, 1.807) is 19.1 Å². The minimum atomic E-state index is -0.649. The van der Waals surface area contributed by atoms with Gasteiger partial charge >= 0.3 is 11.7 Å². The summed E-state index contributed by atoms with van der Waals surface area (Å²) in [5, 5.41) is 0. The Morgan fingerprint density at radius 2 is 2.06 bits per heavy atom. The summed E-state index contributed by atoms with van der Waals surface area (Å²) in [6, 6.07) is 9.71. The van der Waals surface area contributed by atoms with E-state index in [4.69, 9.17) is 10.3 Å². The number of rotatable bonds is 5. The lowest BCUT2D eigenvalue weighted by atomic mass is 10.2. The van der Waals surface area contributed by atoms with Crippen LogP contribution in [0.3, 0.4) is 0 Å². The maximum absolute atomic E-state index is 11.3. The molecule has 0 saturated carbocycles. The number of nitrogens with zero attached hydrogens (tertiary/aromatic N) is 2. The Morgan fingerprint density at radius 1 is 1.33 bits per heavy atom. The molecule has 0 fully saturated rings. The molecular formula is C14H14N2O2. The van der Waals surface area contributed by atoms with Crippen LogP contribution in [0.2, 0.25) is 0 Å². The second-order valence-electron chi connectivity index (χ2n) is 3.33. The fourth-order valence-corrected chi connectivity index (χ4v) is 1.22. The van der Waals surface area contributed by atoms with E-state index in [1.807, 2.05) is 36.4 Å². The van der Waals surface area contributed by atoms with Crippen molar-refractivity contribution in [3.8, 4) is 0 Å². The van der Waals surface area contributed by atoms with Gasteiger partial charge in [0, 0.05) is 6.08 Å². The van der Waals surface area contributed by atoms with Gasteiger partial charge in [0.1, 0.15) is 0 Å². The largest absolute Gasteiger partial charge is 0.457 e. The van der Waals surface area contributed by atoms with E-state index in [2.05, 4.69) is 4.79 Å². The molecule has 0 saturated heterocycles. The quantitative estimate of drug-likeness (QED) is 0.262. The summed E-state index contributed by atoms with van der Waals surface area (Å²) in [4.78, 5) is 14.1. The molecule has 92 valence electrons. The van der Waals surface area contributed by atoms with Crippen molar-refractivity contribution in [1.29, 1.82) is 0 Å². The summed E-state index contributed by atoms with van der Waals surface area (Å²) in [6.07, 6.45) is 6.62. The summed E-state index contributed by atoms with van der Waals surface area (Å²) < 4.78 is 4.71. The average molecular weight is 242 g/mol. The highest BCUT2D eigenvalue weighted by Crippen LogP contribution is 2.00. The van der Waals surface area contributed by atoms with Crippen LogP contribution in [0, 0.1) is 0 Å². The molecule has 1 aromatic rings. The number of esters is 1. The Kier molecular flexibility index (Phi) is 5.87. The number of ether oxygens (including phenoxy) is 1. The topological polar surface area (TPSA) is 62.7 Å². The second kappa shape index (κ2) is 7.76. The van der Waals surface area contributed by atoms with Crippen LogP contribution in [0.15, 0.2) is 48.6 Å². The van der Waals surface area contributed by atoms with Gasteiger partial charge in [-0.15, -0.1) is 0 Å². The van der Waals surface area contributed by atoms with Gasteiger partial charge in [-0.25, -0.2) is 4.79 Å². The highest BCUT2D eigenvalue weighted by atomic mass is 16.5. The molecule has 0 aromatic heterocycles. The van der Waals surface area contributed by atoms with Crippen molar-refractivity contribution >= 4 is 17.8 Å². The Morgan fingerprint density at radius 3 is 2.67 bits per heavy atom. The fourth-order valence-electron chi connectivity index (χ4n) is 1.22. The van der Waals surface area contributed by atoms with Gasteiger partial charge in [-0.2, -0.15) is 4.79 Å². The summed E-state index contributed by atoms with van der Waals surface area (Å²) >= 11 is 0. The number of hydrogen-bond acceptors (Lipinski definition) is 2. The van der Waals surface area contributed by atoms with Gasteiger partial charge in [-0.1, -0.05) is 48.6 Å². The van der Waals surface area contributed by atoms with E-state index in [-0.39, 0.29) is 12.3 Å². The predicted octanol–water partition coefficient (Wildman–Crippen LogP) is 2.49. The number of carbonyl (C=O) groups excluding carboxylic acids is 1. The van der Waals surface area contributed by atoms with Crippen LogP contribution in [0.1, 0.15) is 12.5 Å². The van der Waals surface area contributed by atoms with Gasteiger partial charge < -0.3 is 10.3 Å². The maximum atomic E-state index is 11.3. The molecule has 0 aliphatic carbocycles. The molecule has 0 aliphatic heterocycles. The van der Waals surface area contributed by atoms with Gasteiger partial charge in [-0.05, 0) is 12.5 Å². The van der Waals surface area contributed by atoms with E-state index in [9.17, 15) is 4.79 Å². The summed E-state index contributed by atoms with van der Waals surface area (Å²) in [5.41, 5.74) is 9.56. The average Bonchev–Trinajstić information content (AvgIpc) is 2.40. The first kappa shape index (κ1) is 13.6. The summed E-state index contributed by atoms with van der Waals surface area (Å²) in [5.74, 6) is -0.649. The lowest BCUT2D eigenvalue weighted by molar-refractivity contribution is -0.139. The number of benzene rings is 1. The SMILES string of the molecule is CCOC(=O)C(/C=C/C=C/c1ccccc1)=[N+]=[N-]. The zero-order valence-electron chi connectivity index (χ0n) is 10.1. The first-order chi connectivity index (χ1) is 8.77. The summed E-state index contributed by atoms with van der Waals surface area (Å²) in [6.45, 7) is 1.93. The van der Waals surface area contributed by atoms with Crippen molar-refractivity contribution in [2.45, 2.75) is 6.92 Å². The Bertz CT molecular complexity index is 498. The van der Waals surface area contributed by atoms with Crippen LogP contribution < -0.4 is 0 Å². The molecule has 0 atom stereocenters. The first-order valence-electron chi connectivity index (χ1n) is 5.57. The van der Waals surface area contributed by atoms with Crippen molar-refractivity contribution in [2.75, 3.05) is 6.61 Å².